The summed E-state index contributed by atoms with van der Waals surface area (Å²) in [5, 5.41) is 6.34. The Morgan fingerprint density at radius 1 is 1.24 bits per heavy atom. The van der Waals surface area contributed by atoms with Crippen molar-refractivity contribution in [1.82, 2.24) is 10.6 Å². The second kappa shape index (κ2) is 8.00. The SMILES string of the molecule is Cc1occc1CNC(=O)NCCSc1ccc(Cl)cc1. The third-order valence-corrected chi connectivity index (χ3v) is 4.14. The highest BCUT2D eigenvalue weighted by Crippen LogP contribution is 2.19. The molecule has 21 heavy (non-hydrogen) atoms. The van der Waals surface area contributed by atoms with Gasteiger partial charge in [0, 0.05) is 34.3 Å². The maximum absolute atomic E-state index is 11.6. The van der Waals surface area contributed by atoms with Crippen molar-refractivity contribution in [2.75, 3.05) is 12.3 Å². The molecular weight excluding hydrogens is 308 g/mol. The van der Waals surface area contributed by atoms with Crippen LogP contribution in [-0.2, 0) is 6.54 Å². The van der Waals surface area contributed by atoms with Gasteiger partial charge in [0.2, 0.25) is 0 Å². The number of furan rings is 1. The van der Waals surface area contributed by atoms with Crippen LogP contribution in [0.4, 0.5) is 4.79 Å². The van der Waals surface area contributed by atoms with Crippen LogP contribution in [0.2, 0.25) is 5.02 Å². The predicted octanol–water partition coefficient (Wildman–Crippen LogP) is 3.83. The molecule has 4 nitrogen and oxygen atoms in total. The van der Waals surface area contributed by atoms with Crippen LogP contribution < -0.4 is 10.6 Å². The number of nitrogens with one attached hydrogen (secondary N) is 2. The quantitative estimate of drug-likeness (QED) is 0.627. The first kappa shape index (κ1) is 15.8. The summed E-state index contributed by atoms with van der Waals surface area (Å²) in [7, 11) is 0. The van der Waals surface area contributed by atoms with Crippen molar-refractivity contribution in [3.63, 3.8) is 0 Å². The van der Waals surface area contributed by atoms with Gasteiger partial charge >= 0.3 is 6.03 Å². The van der Waals surface area contributed by atoms with Crippen molar-refractivity contribution >= 4 is 29.4 Å². The molecule has 0 fully saturated rings. The van der Waals surface area contributed by atoms with Crippen molar-refractivity contribution in [3.05, 3.63) is 52.9 Å². The molecular formula is C15H17ClN2O2S. The van der Waals surface area contributed by atoms with Crippen LogP contribution in [0.25, 0.3) is 0 Å². The highest BCUT2D eigenvalue weighted by molar-refractivity contribution is 7.99. The topological polar surface area (TPSA) is 54.3 Å². The lowest BCUT2D eigenvalue weighted by Crippen LogP contribution is -2.36. The minimum atomic E-state index is -0.174. The van der Waals surface area contributed by atoms with Crippen molar-refractivity contribution in [1.29, 1.82) is 0 Å². The van der Waals surface area contributed by atoms with Gasteiger partial charge in [-0.1, -0.05) is 11.6 Å². The fourth-order valence-corrected chi connectivity index (χ4v) is 2.59. The number of thioether (sulfide) groups is 1. The molecule has 0 aliphatic rings. The lowest BCUT2D eigenvalue weighted by atomic mass is 10.2. The molecule has 0 saturated carbocycles. The van der Waals surface area contributed by atoms with Crippen molar-refractivity contribution in [2.45, 2.75) is 18.4 Å². The van der Waals surface area contributed by atoms with E-state index in [1.165, 1.54) is 0 Å². The molecule has 0 spiro atoms. The second-order valence-electron chi connectivity index (χ2n) is 4.41. The first-order chi connectivity index (χ1) is 10.1. The van der Waals surface area contributed by atoms with Crippen molar-refractivity contribution in [2.24, 2.45) is 0 Å². The summed E-state index contributed by atoms with van der Waals surface area (Å²) in [5.41, 5.74) is 0.987. The summed E-state index contributed by atoms with van der Waals surface area (Å²) in [6, 6.07) is 9.33. The maximum Gasteiger partial charge on any atom is 0.315 e. The van der Waals surface area contributed by atoms with E-state index in [2.05, 4.69) is 10.6 Å². The van der Waals surface area contributed by atoms with E-state index in [1.807, 2.05) is 37.3 Å². The molecule has 2 rings (SSSR count). The van der Waals surface area contributed by atoms with Gasteiger partial charge in [0.05, 0.1) is 6.26 Å². The lowest BCUT2D eigenvalue weighted by Gasteiger charge is -2.07. The van der Waals surface area contributed by atoms with E-state index in [4.69, 9.17) is 16.0 Å². The first-order valence-corrected chi connectivity index (χ1v) is 7.94. The number of aryl methyl sites for hydroxylation is 1. The van der Waals surface area contributed by atoms with Crippen LogP contribution >= 0.6 is 23.4 Å². The fraction of sp³-hybridized carbons (Fsp3) is 0.267. The second-order valence-corrected chi connectivity index (χ2v) is 6.02. The summed E-state index contributed by atoms with van der Waals surface area (Å²) in [4.78, 5) is 12.8. The number of halogens is 1. The fourth-order valence-electron chi connectivity index (χ4n) is 1.70. The molecule has 1 aromatic carbocycles. The smallest absolute Gasteiger partial charge is 0.315 e. The molecule has 1 aromatic heterocycles. The monoisotopic (exact) mass is 324 g/mol. The molecule has 0 aliphatic heterocycles. The molecule has 0 saturated heterocycles. The standard InChI is InChI=1S/C15H17ClN2O2S/c1-11-12(6-8-20-11)10-18-15(19)17-7-9-21-14-4-2-13(16)3-5-14/h2-6,8H,7,9-10H2,1H3,(H2,17,18,19). The van der Waals surface area contributed by atoms with Crippen molar-refractivity contribution in [3.8, 4) is 0 Å². The van der Waals surface area contributed by atoms with E-state index >= 15 is 0 Å². The van der Waals surface area contributed by atoms with Crippen LogP contribution in [0.1, 0.15) is 11.3 Å². The lowest BCUT2D eigenvalue weighted by molar-refractivity contribution is 0.241. The van der Waals surface area contributed by atoms with Gasteiger partial charge in [-0.25, -0.2) is 4.79 Å². The van der Waals surface area contributed by atoms with E-state index in [9.17, 15) is 4.79 Å². The van der Waals surface area contributed by atoms with E-state index in [0.717, 1.165) is 27.0 Å². The Bertz CT molecular complexity index is 584. The van der Waals surface area contributed by atoms with E-state index in [1.54, 1.807) is 18.0 Å². The average Bonchev–Trinajstić information content (AvgIpc) is 2.89. The van der Waals surface area contributed by atoms with Crippen LogP contribution in [0.3, 0.4) is 0 Å². The highest BCUT2D eigenvalue weighted by Gasteiger charge is 2.04. The van der Waals surface area contributed by atoms with Gasteiger partial charge in [0.1, 0.15) is 5.76 Å². The van der Waals surface area contributed by atoms with Gasteiger partial charge in [-0.15, -0.1) is 11.8 Å². The summed E-state index contributed by atoms with van der Waals surface area (Å²) < 4.78 is 5.17. The zero-order valence-corrected chi connectivity index (χ0v) is 13.3. The first-order valence-electron chi connectivity index (χ1n) is 6.58. The molecule has 1 heterocycles. The molecule has 112 valence electrons. The molecule has 0 aliphatic carbocycles. The highest BCUT2D eigenvalue weighted by atomic mass is 35.5. The number of carbonyl (C=O) groups excluding carboxylic acids is 1. The summed E-state index contributed by atoms with van der Waals surface area (Å²) in [6.45, 7) is 2.94. The number of hydrogen-bond acceptors (Lipinski definition) is 3. The number of hydrogen-bond donors (Lipinski definition) is 2. The van der Waals surface area contributed by atoms with Gasteiger partial charge in [-0.2, -0.15) is 0 Å². The third-order valence-electron chi connectivity index (χ3n) is 2.88. The van der Waals surface area contributed by atoms with Crippen LogP contribution in [0.5, 0.6) is 0 Å². The van der Waals surface area contributed by atoms with Crippen LogP contribution in [0, 0.1) is 6.92 Å². The molecule has 0 radical (unpaired) electrons. The zero-order chi connectivity index (χ0) is 15.1. The minimum Gasteiger partial charge on any atom is -0.469 e. The number of urea groups is 1. The molecule has 6 heteroatoms. The summed E-state index contributed by atoms with van der Waals surface area (Å²) in [5.74, 6) is 1.63. The summed E-state index contributed by atoms with van der Waals surface area (Å²) in [6.07, 6.45) is 1.62. The number of benzene rings is 1. The minimum absolute atomic E-state index is 0.174. The van der Waals surface area contributed by atoms with Gasteiger partial charge in [0.25, 0.3) is 0 Å². The zero-order valence-electron chi connectivity index (χ0n) is 11.7. The molecule has 0 unspecified atom stereocenters. The Labute approximate surface area is 133 Å². The van der Waals surface area contributed by atoms with E-state index in [-0.39, 0.29) is 6.03 Å². The van der Waals surface area contributed by atoms with E-state index < -0.39 is 0 Å². The number of rotatable bonds is 6. The van der Waals surface area contributed by atoms with Gasteiger partial charge in [-0.3, -0.25) is 0 Å². The van der Waals surface area contributed by atoms with Gasteiger partial charge in [0.15, 0.2) is 0 Å². The normalized spacial score (nSPS) is 10.4. The maximum atomic E-state index is 11.6. The average molecular weight is 325 g/mol. The van der Waals surface area contributed by atoms with Gasteiger partial charge < -0.3 is 15.1 Å². The molecule has 2 aromatic rings. The summed E-state index contributed by atoms with van der Waals surface area (Å²) >= 11 is 7.49. The molecule has 0 bridgehead atoms. The predicted molar refractivity (Wildman–Crippen MR) is 85.9 cm³/mol. The van der Waals surface area contributed by atoms with Crippen molar-refractivity contribution < 1.29 is 9.21 Å². The Kier molecular flexibility index (Phi) is 6.02. The Hall–Kier alpha value is -1.59. The number of amides is 2. The molecule has 2 amide bonds. The Morgan fingerprint density at radius 2 is 2.00 bits per heavy atom. The van der Waals surface area contributed by atoms with Crippen LogP contribution in [-0.4, -0.2) is 18.3 Å². The Morgan fingerprint density at radius 3 is 2.67 bits per heavy atom. The van der Waals surface area contributed by atoms with Gasteiger partial charge in [-0.05, 0) is 37.3 Å². The number of carbonyl (C=O) groups is 1. The Balaban J connectivity index is 1.61. The molecule has 2 N–H and O–H groups in total. The third kappa shape index (κ3) is 5.36. The largest absolute Gasteiger partial charge is 0.469 e. The van der Waals surface area contributed by atoms with Crippen LogP contribution in [0.15, 0.2) is 45.9 Å². The molecule has 0 atom stereocenters. The van der Waals surface area contributed by atoms with E-state index in [0.29, 0.717) is 13.1 Å².